The third-order valence-corrected chi connectivity index (χ3v) is 3.97. The van der Waals surface area contributed by atoms with E-state index >= 15 is 0 Å². The van der Waals surface area contributed by atoms with Gasteiger partial charge in [0, 0.05) is 17.5 Å². The lowest BCUT2D eigenvalue weighted by Crippen LogP contribution is -2.23. The van der Waals surface area contributed by atoms with Gasteiger partial charge in [-0.25, -0.2) is 4.98 Å². The number of aromatic amines is 2. The largest absolute Gasteiger partial charge is 0.352 e. The number of carbonyl (C=O) groups excluding carboxylic acids is 1. The number of nitrogens with zero attached hydrogens (tertiary/aromatic N) is 2. The molecule has 6 heteroatoms. The van der Waals surface area contributed by atoms with E-state index in [1.807, 2.05) is 43.3 Å². The lowest BCUT2D eigenvalue weighted by atomic mass is 10.2. The fourth-order valence-corrected chi connectivity index (χ4v) is 2.75. The number of nitrogens with one attached hydrogen (secondary N) is 3. The van der Waals surface area contributed by atoms with E-state index in [0.29, 0.717) is 17.9 Å². The van der Waals surface area contributed by atoms with E-state index in [1.165, 1.54) is 0 Å². The molecule has 4 aromatic rings. The highest BCUT2D eigenvalue weighted by Gasteiger charge is 2.13. The maximum Gasteiger partial charge on any atom is 0.251 e. The minimum atomic E-state index is -0.0693. The maximum absolute atomic E-state index is 12.1. The Morgan fingerprint density at radius 3 is 2.92 bits per heavy atom. The van der Waals surface area contributed by atoms with Gasteiger partial charge in [0.25, 0.3) is 5.91 Å². The smallest absolute Gasteiger partial charge is 0.251 e. The Morgan fingerprint density at radius 1 is 1.17 bits per heavy atom. The fourth-order valence-electron chi connectivity index (χ4n) is 2.75. The molecule has 0 spiro atoms. The molecule has 6 nitrogen and oxygen atoms in total. The van der Waals surface area contributed by atoms with Gasteiger partial charge >= 0.3 is 0 Å². The minimum Gasteiger partial charge on any atom is -0.352 e. The molecular weight excluding hydrogens is 302 g/mol. The lowest BCUT2D eigenvalue weighted by Gasteiger charge is -2.02. The number of fused-ring (bicyclic) bond motifs is 2. The zero-order valence-corrected chi connectivity index (χ0v) is 13.3. The first-order valence-corrected chi connectivity index (χ1v) is 7.97. The van der Waals surface area contributed by atoms with Crippen LogP contribution in [0.5, 0.6) is 0 Å². The molecule has 4 rings (SSSR count). The summed E-state index contributed by atoms with van der Waals surface area (Å²) in [7, 11) is 0. The molecule has 120 valence electrons. The molecule has 1 amide bonds. The molecule has 3 N–H and O–H groups in total. The van der Waals surface area contributed by atoms with Crippen molar-refractivity contribution < 1.29 is 4.79 Å². The van der Waals surface area contributed by atoms with Crippen LogP contribution in [0.4, 0.5) is 0 Å². The van der Waals surface area contributed by atoms with Crippen LogP contribution >= 0.6 is 0 Å². The number of aromatic nitrogens is 4. The Hall–Kier alpha value is -3.15. The summed E-state index contributed by atoms with van der Waals surface area (Å²) in [6.07, 6.45) is 0.911. The second kappa shape index (κ2) is 5.81. The number of rotatable bonds is 4. The topological polar surface area (TPSA) is 86.5 Å². The summed E-state index contributed by atoms with van der Waals surface area (Å²) in [5.41, 5.74) is 4.00. The third-order valence-electron chi connectivity index (χ3n) is 3.97. The quantitative estimate of drug-likeness (QED) is 0.539. The zero-order valence-electron chi connectivity index (χ0n) is 13.3. The minimum absolute atomic E-state index is 0.0693. The van der Waals surface area contributed by atoms with E-state index in [4.69, 9.17) is 0 Å². The Balaban J connectivity index is 1.74. The van der Waals surface area contributed by atoms with Gasteiger partial charge in [-0.05, 0) is 30.7 Å². The van der Waals surface area contributed by atoms with Gasteiger partial charge in [-0.1, -0.05) is 25.1 Å². The van der Waals surface area contributed by atoms with Gasteiger partial charge in [-0.15, -0.1) is 0 Å². The molecule has 0 aliphatic carbocycles. The molecular formula is C18H17N5O. The summed E-state index contributed by atoms with van der Waals surface area (Å²) in [5, 5.41) is 11.3. The fraction of sp³-hybridized carbons (Fsp3) is 0.167. The molecule has 2 aromatic heterocycles. The number of hydrogen-bond donors (Lipinski definition) is 3. The van der Waals surface area contributed by atoms with Gasteiger partial charge in [0.1, 0.15) is 5.69 Å². The molecule has 24 heavy (non-hydrogen) atoms. The number of benzene rings is 2. The van der Waals surface area contributed by atoms with E-state index in [1.54, 1.807) is 6.07 Å². The van der Waals surface area contributed by atoms with Crippen LogP contribution in [0.15, 0.2) is 42.5 Å². The molecule has 2 heterocycles. The summed E-state index contributed by atoms with van der Waals surface area (Å²) in [6.45, 7) is 2.70. The number of carbonyl (C=O) groups is 1. The number of H-pyrrole nitrogens is 2. The monoisotopic (exact) mass is 319 g/mol. The van der Waals surface area contributed by atoms with Gasteiger partial charge in [0.15, 0.2) is 5.82 Å². The van der Waals surface area contributed by atoms with Crippen molar-refractivity contribution in [3.63, 3.8) is 0 Å². The van der Waals surface area contributed by atoms with E-state index in [0.717, 1.165) is 34.1 Å². The Bertz CT molecular complexity index is 1030. The zero-order chi connectivity index (χ0) is 16.5. The van der Waals surface area contributed by atoms with Crippen LogP contribution in [0.2, 0.25) is 0 Å². The standard InChI is InChI=1S/C18H17N5O/c1-2-9-19-18(24)11-7-8-14-15(10-11)21-17(20-14)16-12-5-3-4-6-13(12)22-23-16/h3-8,10H,2,9H2,1H3,(H,19,24)(H,20,21)(H,22,23). The van der Waals surface area contributed by atoms with Crippen molar-refractivity contribution >= 4 is 27.8 Å². The summed E-state index contributed by atoms with van der Waals surface area (Å²) < 4.78 is 0. The van der Waals surface area contributed by atoms with Crippen LogP contribution < -0.4 is 5.32 Å². The first-order valence-electron chi connectivity index (χ1n) is 7.97. The van der Waals surface area contributed by atoms with Gasteiger partial charge in [0.05, 0.1) is 16.6 Å². The molecule has 0 fully saturated rings. The maximum atomic E-state index is 12.1. The van der Waals surface area contributed by atoms with E-state index < -0.39 is 0 Å². The second-order valence-corrected chi connectivity index (χ2v) is 5.69. The van der Waals surface area contributed by atoms with Gasteiger partial charge in [0.2, 0.25) is 0 Å². The molecule has 0 bridgehead atoms. The molecule has 0 saturated carbocycles. The Kier molecular flexibility index (Phi) is 3.49. The molecule has 2 aromatic carbocycles. The van der Waals surface area contributed by atoms with Crippen molar-refractivity contribution in [1.29, 1.82) is 0 Å². The summed E-state index contributed by atoms with van der Waals surface area (Å²) in [5.74, 6) is 0.619. The van der Waals surface area contributed by atoms with Crippen LogP contribution in [-0.4, -0.2) is 32.6 Å². The van der Waals surface area contributed by atoms with Gasteiger partial charge < -0.3 is 10.3 Å². The van der Waals surface area contributed by atoms with Crippen LogP contribution in [0, 0.1) is 0 Å². The normalized spacial score (nSPS) is 11.2. The van der Waals surface area contributed by atoms with Gasteiger partial charge in [-0.3, -0.25) is 9.89 Å². The van der Waals surface area contributed by atoms with Crippen molar-refractivity contribution in [3.05, 3.63) is 48.0 Å². The molecule has 0 aliphatic rings. The van der Waals surface area contributed by atoms with Crippen molar-refractivity contribution in [1.82, 2.24) is 25.5 Å². The average molecular weight is 319 g/mol. The van der Waals surface area contributed by atoms with Gasteiger partial charge in [-0.2, -0.15) is 5.10 Å². The number of para-hydroxylation sites is 1. The first kappa shape index (κ1) is 14.4. The Labute approximate surface area is 138 Å². The number of hydrogen-bond acceptors (Lipinski definition) is 3. The van der Waals surface area contributed by atoms with Crippen molar-refractivity contribution in [2.24, 2.45) is 0 Å². The highest BCUT2D eigenvalue weighted by Crippen LogP contribution is 2.26. The van der Waals surface area contributed by atoms with Crippen molar-refractivity contribution in [2.75, 3.05) is 6.54 Å². The molecule has 0 unspecified atom stereocenters. The SMILES string of the molecule is CCCNC(=O)c1ccc2nc(-c3n[nH]c4ccccc34)[nH]c2c1. The van der Waals surface area contributed by atoms with Crippen LogP contribution in [-0.2, 0) is 0 Å². The van der Waals surface area contributed by atoms with Crippen LogP contribution in [0.1, 0.15) is 23.7 Å². The molecule has 0 aliphatic heterocycles. The van der Waals surface area contributed by atoms with Crippen LogP contribution in [0.3, 0.4) is 0 Å². The number of amides is 1. The molecule has 0 atom stereocenters. The predicted octanol–water partition coefficient (Wildman–Crippen LogP) is 3.25. The van der Waals surface area contributed by atoms with E-state index in [9.17, 15) is 4.79 Å². The van der Waals surface area contributed by atoms with E-state index in [-0.39, 0.29) is 5.91 Å². The predicted molar refractivity (Wildman–Crippen MR) is 93.8 cm³/mol. The number of imidazole rings is 1. The van der Waals surface area contributed by atoms with Crippen molar-refractivity contribution in [2.45, 2.75) is 13.3 Å². The lowest BCUT2D eigenvalue weighted by molar-refractivity contribution is 0.0954. The highest BCUT2D eigenvalue weighted by molar-refractivity contribution is 5.98. The third kappa shape index (κ3) is 2.42. The van der Waals surface area contributed by atoms with Crippen molar-refractivity contribution in [3.8, 4) is 11.5 Å². The summed E-state index contributed by atoms with van der Waals surface area (Å²) in [4.78, 5) is 20.0. The Morgan fingerprint density at radius 2 is 2.04 bits per heavy atom. The highest BCUT2D eigenvalue weighted by atomic mass is 16.1. The molecule has 0 radical (unpaired) electrons. The molecule has 0 saturated heterocycles. The second-order valence-electron chi connectivity index (χ2n) is 5.69. The first-order chi connectivity index (χ1) is 11.8. The van der Waals surface area contributed by atoms with Crippen LogP contribution in [0.25, 0.3) is 33.5 Å². The summed E-state index contributed by atoms with van der Waals surface area (Å²) >= 11 is 0. The summed E-state index contributed by atoms with van der Waals surface area (Å²) in [6, 6.07) is 13.4. The average Bonchev–Trinajstić information content (AvgIpc) is 3.22. The van der Waals surface area contributed by atoms with E-state index in [2.05, 4.69) is 25.5 Å².